The van der Waals surface area contributed by atoms with E-state index >= 15 is 0 Å². The third kappa shape index (κ3) is 5.70. The fourth-order valence-corrected chi connectivity index (χ4v) is 4.61. The minimum absolute atomic E-state index is 0.325. The van der Waals surface area contributed by atoms with Gasteiger partial charge in [0.15, 0.2) is 0 Å². The van der Waals surface area contributed by atoms with Crippen molar-refractivity contribution in [2.24, 2.45) is 11.8 Å². The molecule has 4 nitrogen and oxygen atoms in total. The van der Waals surface area contributed by atoms with Crippen molar-refractivity contribution in [1.29, 1.82) is 0 Å². The number of nitrogens with zero attached hydrogens (tertiary/aromatic N) is 1. The minimum Gasteiger partial charge on any atom is -0.317 e. The van der Waals surface area contributed by atoms with Gasteiger partial charge in [0.1, 0.15) is 0 Å². The lowest BCUT2D eigenvalue weighted by Crippen LogP contribution is -2.37. The summed E-state index contributed by atoms with van der Waals surface area (Å²) in [7, 11) is -3.07. The zero-order valence-corrected chi connectivity index (χ0v) is 14.2. The quantitative estimate of drug-likeness (QED) is 0.712. The fraction of sp³-hybridized carbons (Fsp3) is 1.00. The fourth-order valence-electron chi connectivity index (χ4n) is 2.89. The van der Waals surface area contributed by atoms with Gasteiger partial charge in [0, 0.05) is 13.1 Å². The average molecular weight is 305 g/mol. The molecule has 20 heavy (non-hydrogen) atoms. The lowest BCUT2D eigenvalue weighted by atomic mass is 9.96. The summed E-state index contributed by atoms with van der Waals surface area (Å²) in [4.78, 5) is 0. The normalized spacial score (nSPS) is 18.1. The van der Waals surface area contributed by atoms with Crippen LogP contribution in [-0.2, 0) is 10.0 Å². The molecule has 1 heterocycles. The molecular formula is C15H32N2O2S. The van der Waals surface area contributed by atoms with Gasteiger partial charge in [0.25, 0.3) is 0 Å². The van der Waals surface area contributed by atoms with Crippen LogP contribution in [0, 0.1) is 11.8 Å². The first-order valence-corrected chi connectivity index (χ1v) is 9.82. The largest absolute Gasteiger partial charge is 0.317 e. The molecule has 0 bridgehead atoms. The van der Waals surface area contributed by atoms with Crippen molar-refractivity contribution < 1.29 is 8.42 Å². The Kier molecular flexibility index (Phi) is 8.07. The summed E-state index contributed by atoms with van der Waals surface area (Å²) in [5, 5.41) is 3.33. The van der Waals surface area contributed by atoms with E-state index in [9.17, 15) is 8.42 Å². The topological polar surface area (TPSA) is 49.4 Å². The molecule has 1 rings (SSSR count). The lowest BCUT2D eigenvalue weighted by molar-refractivity contribution is 0.332. The van der Waals surface area contributed by atoms with Crippen LogP contribution in [0.25, 0.3) is 0 Å². The van der Waals surface area contributed by atoms with Crippen LogP contribution in [0.15, 0.2) is 0 Å². The van der Waals surface area contributed by atoms with E-state index in [0.29, 0.717) is 30.7 Å². The molecule has 0 aromatic heterocycles. The Bertz CT molecular complexity index is 347. The van der Waals surface area contributed by atoms with Crippen molar-refractivity contribution >= 4 is 10.0 Å². The Hall–Kier alpha value is -0.130. The molecule has 1 aliphatic heterocycles. The molecule has 0 amide bonds. The van der Waals surface area contributed by atoms with Crippen molar-refractivity contribution in [2.75, 3.05) is 31.9 Å². The van der Waals surface area contributed by atoms with Crippen LogP contribution >= 0.6 is 0 Å². The van der Waals surface area contributed by atoms with Gasteiger partial charge in [-0.3, -0.25) is 0 Å². The standard InChI is InChI=1S/C15H32N2O2S/c1-4-14(5-2)13-17(6-3)20(18,19)12-9-15-7-10-16-11-8-15/h14-16H,4-13H2,1-3H3. The van der Waals surface area contributed by atoms with E-state index in [2.05, 4.69) is 19.2 Å². The molecule has 1 aliphatic rings. The average Bonchev–Trinajstić information content (AvgIpc) is 2.47. The smallest absolute Gasteiger partial charge is 0.214 e. The van der Waals surface area contributed by atoms with Crippen molar-refractivity contribution in [1.82, 2.24) is 9.62 Å². The molecule has 5 heteroatoms. The SMILES string of the molecule is CCC(CC)CN(CC)S(=O)(=O)CCC1CCNCC1. The summed E-state index contributed by atoms with van der Waals surface area (Å²) in [5.74, 6) is 1.40. The summed E-state index contributed by atoms with van der Waals surface area (Å²) in [6, 6.07) is 0. The van der Waals surface area contributed by atoms with Gasteiger partial charge in [-0.05, 0) is 44.2 Å². The van der Waals surface area contributed by atoms with E-state index in [1.54, 1.807) is 4.31 Å². The van der Waals surface area contributed by atoms with Crippen LogP contribution in [0.2, 0.25) is 0 Å². The van der Waals surface area contributed by atoms with Crippen molar-refractivity contribution in [3.8, 4) is 0 Å². The summed E-state index contributed by atoms with van der Waals surface area (Å²) in [6.45, 7) is 9.60. The molecule has 120 valence electrons. The molecule has 0 aromatic carbocycles. The Morgan fingerprint density at radius 2 is 1.75 bits per heavy atom. The highest BCUT2D eigenvalue weighted by atomic mass is 32.2. The first-order chi connectivity index (χ1) is 9.53. The number of rotatable bonds is 9. The third-order valence-corrected chi connectivity index (χ3v) is 6.55. The first kappa shape index (κ1) is 17.9. The van der Waals surface area contributed by atoms with E-state index < -0.39 is 10.0 Å². The van der Waals surface area contributed by atoms with Crippen LogP contribution in [-0.4, -0.2) is 44.7 Å². The predicted octanol–water partition coefficient (Wildman–Crippen LogP) is 2.46. The summed E-state index contributed by atoms with van der Waals surface area (Å²) >= 11 is 0. The summed E-state index contributed by atoms with van der Waals surface area (Å²) in [6.07, 6.45) is 5.17. The molecule has 1 fully saturated rings. The number of sulfonamides is 1. The van der Waals surface area contributed by atoms with Gasteiger partial charge in [0.05, 0.1) is 5.75 Å². The molecule has 1 N–H and O–H groups in total. The maximum atomic E-state index is 12.5. The van der Waals surface area contributed by atoms with Crippen LogP contribution in [0.3, 0.4) is 0 Å². The monoisotopic (exact) mass is 304 g/mol. The van der Waals surface area contributed by atoms with E-state index in [0.717, 1.165) is 45.2 Å². The zero-order chi connectivity index (χ0) is 15.0. The summed E-state index contributed by atoms with van der Waals surface area (Å²) in [5.41, 5.74) is 0. The molecule has 0 radical (unpaired) electrons. The second kappa shape index (κ2) is 9.00. The zero-order valence-electron chi connectivity index (χ0n) is 13.4. The summed E-state index contributed by atoms with van der Waals surface area (Å²) < 4.78 is 26.7. The Morgan fingerprint density at radius 3 is 2.25 bits per heavy atom. The number of hydrogen-bond acceptors (Lipinski definition) is 3. The third-order valence-electron chi connectivity index (χ3n) is 4.61. The highest BCUT2D eigenvalue weighted by Gasteiger charge is 2.24. The van der Waals surface area contributed by atoms with Crippen LogP contribution < -0.4 is 5.32 Å². The van der Waals surface area contributed by atoms with E-state index in [1.165, 1.54) is 0 Å². The van der Waals surface area contributed by atoms with Gasteiger partial charge in [-0.25, -0.2) is 12.7 Å². The van der Waals surface area contributed by atoms with Crippen LogP contribution in [0.4, 0.5) is 0 Å². The Balaban J connectivity index is 2.50. The molecule has 0 unspecified atom stereocenters. The van der Waals surface area contributed by atoms with Crippen molar-refractivity contribution in [2.45, 2.75) is 52.9 Å². The maximum Gasteiger partial charge on any atom is 0.214 e. The van der Waals surface area contributed by atoms with Crippen LogP contribution in [0.1, 0.15) is 52.9 Å². The molecule has 0 aromatic rings. The predicted molar refractivity (Wildman–Crippen MR) is 85.3 cm³/mol. The number of nitrogens with one attached hydrogen (secondary N) is 1. The molecule has 0 atom stereocenters. The second-order valence-corrected chi connectivity index (χ2v) is 8.02. The second-order valence-electron chi connectivity index (χ2n) is 5.93. The Morgan fingerprint density at radius 1 is 1.15 bits per heavy atom. The van der Waals surface area contributed by atoms with Crippen molar-refractivity contribution in [3.63, 3.8) is 0 Å². The van der Waals surface area contributed by atoms with Crippen molar-refractivity contribution in [3.05, 3.63) is 0 Å². The van der Waals surface area contributed by atoms with Gasteiger partial charge in [-0.1, -0.05) is 33.6 Å². The highest BCUT2D eigenvalue weighted by molar-refractivity contribution is 7.89. The minimum atomic E-state index is -3.07. The number of hydrogen-bond donors (Lipinski definition) is 1. The molecule has 0 saturated carbocycles. The van der Waals surface area contributed by atoms with Gasteiger partial charge >= 0.3 is 0 Å². The first-order valence-electron chi connectivity index (χ1n) is 8.21. The highest BCUT2D eigenvalue weighted by Crippen LogP contribution is 2.19. The van der Waals surface area contributed by atoms with Gasteiger partial charge in [0.2, 0.25) is 10.0 Å². The van der Waals surface area contributed by atoms with Gasteiger partial charge in [-0.2, -0.15) is 0 Å². The van der Waals surface area contributed by atoms with Gasteiger partial charge < -0.3 is 5.32 Å². The van der Waals surface area contributed by atoms with Gasteiger partial charge in [-0.15, -0.1) is 0 Å². The van der Waals surface area contributed by atoms with E-state index in [4.69, 9.17) is 0 Å². The Labute approximate surface area is 125 Å². The lowest BCUT2D eigenvalue weighted by Gasteiger charge is -2.27. The van der Waals surface area contributed by atoms with E-state index in [1.807, 2.05) is 6.92 Å². The molecule has 1 saturated heterocycles. The number of piperidine rings is 1. The molecule has 0 aliphatic carbocycles. The molecule has 0 spiro atoms. The molecular weight excluding hydrogens is 272 g/mol. The van der Waals surface area contributed by atoms with E-state index in [-0.39, 0.29) is 0 Å². The maximum absolute atomic E-state index is 12.5. The van der Waals surface area contributed by atoms with Crippen LogP contribution in [0.5, 0.6) is 0 Å².